The Hall–Kier alpha value is -3.36. The zero-order chi connectivity index (χ0) is 24.8. The Morgan fingerprint density at radius 3 is 2.03 bits per heavy atom. The maximum Gasteiger partial charge on any atom is 0.573 e. The van der Waals surface area contributed by atoms with Crippen LogP contribution in [0, 0.1) is 29.1 Å². The van der Waals surface area contributed by atoms with Crippen molar-refractivity contribution in [1.29, 1.82) is 0 Å². The van der Waals surface area contributed by atoms with E-state index in [4.69, 9.17) is 0 Å². The van der Waals surface area contributed by atoms with Crippen LogP contribution in [0.4, 0.5) is 35.1 Å². The molecule has 0 N–H and O–H groups in total. The molecule has 1 nitrogen and oxygen atoms in total. The maximum atomic E-state index is 15.2. The van der Waals surface area contributed by atoms with Gasteiger partial charge in [-0.3, -0.25) is 0 Å². The Morgan fingerprint density at radius 1 is 0.794 bits per heavy atom. The van der Waals surface area contributed by atoms with Gasteiger partial charge in [0.25, 0.3) is 0 Å². The molecule has 0 unspecified atom stereocenters. The third-order valence-electron chi connectivity index (χ3n) is 5.61. The van der Waals surface area contributed by atoms with Gasteiger partial charge in [0.15, 0.2) is 11.6 Å². The smallest absolute Gasteiger partial charge is 0.403 e. The second-order valence-electron chi connectivity index (χ2n) is 7.77. The molecule has 0 fully saturated rings. The average Bonchev–Trinajstić information content (AvgIpc) is 2.74. The monoisotopic (exact) mass is 484 g/mol. The third-order valence-corrected chi connectivity index (χ3v) is 5.61. The number of halogens is 8. The van der Waals surface area contributed by atoms with Gasteiger partial charge >= 0.3 is 6.36 Å². The van der Waals surface area contributed by atoms with Crippen LogP contribution in [0.5, 0.6) is 5.75 Å². The fourth-order valence-electron chi connectivity index (χ4n) is 4.04. The molecule has 0 atom stereocenters. The number of rotatable bonds is 4. The topological polar surface area (TPSA) is 9.23 Å². The molecule has 0 heterocycles. The second-order valence-corrected chi connectivity index (χ2v) is 7.77. The van der Waals surface area contributed by atoms with Gasteiger partial charge in [-0.2, -0.15) is 0 Å². The van der Waals surface area contributed by atoms with Crippen LogP contribution in [0.15, 0.2) is 36.4 Å². The van der Waals surface area contributed by atoms with E-state index in [0.717, 1.165) is 12.1 Å². The fraction of sp³-hybridized carbons (Fsp3) is 0.200. The van der Waals surface area contributed by atoms with E-state index in [1.165, 1.54) is 18.2 Å². The summed E-state index contributed by atoms with van der Waals surface area (Å²) in [5.41, 5.74) is -0.412. The van der Waals surface area contributed by atoms with Crippen molar-refractivity contribution in [2.75, 3.05) is 0 Å². The van der Waals surface area contributed by atoms with E-state index in [2.05, 4.69) is 4.74 Å². The molecule has 3 aromatic carbocycles. The Morgan fingerprint density at radius 2 is 1.44 bits per heavy atom. The standard InChI is InChI=1S/C25H16F8O/c1-2-12-7-18(27)22(19(28)8-12)13-3-5-16-15(9-13)11-20(29)23(24(16)30)14-4-6-21(17(26)10-14)34-25(31,32)33/h4,6-11H,2-3,5H2,1H3. The molecule has 0 aromatic heterocycles. The SMILES string of the molecule is CCc1cc(F)c(C2=Cc3cc(F)c(-c4ccc(OC(F)(F)F)c(F)c4)c(F)c3CC2)c(F)c1. The summed E-state index contributed by atoms with van der Waals surface area (Å²) in [5.74, 6) is -6.28. The first-order chi connectivity index (χ1) is 16.0. The minimum absolute atomic E-state index is 0.0214. The molecule has 0 saturated carbocycles. The summed E-state index contributed by atoms with van der Waals surface area (Å²) in [7, 11) is 0. The van der Waals surface area contributed by atoms with Crippen molar-refractivity contribution in [3.63, 3.8) is 0 Å². The van der Waals surface area contributed by atoms with Crippen LogP contribution in [0.3, 0.4) is 0 Å². The number of fused-ring (bicyclic) bond motifs is 1. The zero-order valence-corrected chi connectivity index (χ0v) is 17.6. The lowest BCUT2D eigenvalue weighted by Crippen LogP contribution is -2.18. The fourth-order valence-corrected chi connectivity index (χ4v) is 4.04. The first kappa shape index (κ1) is 23.8. The first-order valence-electron chi connectivity index (χ1n) is 10.2. The molecule has 4 rings (SSSR count). The van der Waals surface area contributed by atoms with E-state index in [9.17, 15) is 30.7 Å². The van der Waals surface area contributed by atoms with Crippen molar-refractivity contribution in [3.05, 3.63) is 87.7 Å². The normalized spacial score (nSPS) is 13.5. The predicted octanol–water partition coefficient (Wildman–Crippen LogP) is 8.00. The van der Waals surface area contributed by atoms with Crippen molar-refractivity contribution >= 4 is 11.6 Å². The zero-order valence-electron chi connectivity index (χ0n) is 17.6. The minimum atomic E-state index is -5.13. The van der Waals surface area contributed by atoms with Gasteiger partial charge in [0, 0.05) is 5.56 Å². The second kappa shape index (κ2) is 8.77. The number of benzene rings is 3. The Labute approximate surface area is 189 Å². The molecular weight excluding hydrogens is 468 g/mol. The van der Waals surface area contributed by atoms with Crippen molar-refractivity contribution < 1.29 is 39.9 Å². The van der Waals surface area contributed by atoms with E-state index < -0.39 is 46.8 Å². The molecular formula is C25H16F8O. The number of ether oxygens (including phenoxy) is 1. The highest BCUT2D eigenvalue weighted by molar-refractivity contribution is 5.86. The number of aryl methyl sites for hydroxylation is 1. The van der Waals surface area contributed by atoms with Gasteiger partial charge < -0.3 is 4.74 Å². The van der Waals surface area contributed by atoms with Crippen molar-refractivity contribution in [2.24, 2.45) is 0 Å². The maximum absolute atomic E-state index is 15.2. The Kier molecular flexibility index (Phi) is 6.14. The van der Waals surface area contributed by atoms with Crippen LogP contribution in [0.1, 0.15) is 35.6 Å². The lowest BCUT2D eigenvalue weighted by atomic mass is 9.85. The molecule has 9 heteroatoms. The van der Waals surface area contributed by atoms with E-state index in [0.29, 0.717) is 24.1 Å². The highest BCUT2D eigenvalue weighted by Gasteiger charge is 2.33. The number of allylic oxidation sites excluding steroid dienone is 1. The van der Waals surface area contributed by atoms with Gasteiger partial charge in [-0.25, -0.2) is 22.0 Å². The highest BCUT2D eigenvalue weighted by atomic mass is 19.4. The quantitative estimate of drug-likeness (QED) is 0.341. The van der Waals surface area contributed by atoms with Gasteiger partial charge in [0.05, 0.1) is 5.56 Å². The van der Waals surface area contributed by atoms with Crippen LogP contribution in [-0.4, -0.2) is 6.36 Å². The molecule has 3 aromatic rings. The molecule has 1 aliphatic carbocycles. The van der Waals surface area contributed by atoms with Gasteiger partial charge in [0.1, 0.15) is 23.3 Å². The van der Waals surface area contributed by atoms with Crippen LogP contribution in [-0.2, 0) is 12.8 Å². The molecule has 0 aliphatic heterocycles. The summed E-state index contributed by atoms with van der Waals surface area (Å²) in [6.07, 6.45) is -3.38. The van der Waals surface area contributed by atoms with Crippen LogP contribution >= 0.6 is 0 Å². The molecule has 0 bridgehead atoms. The summed E-state index contributed by atoms with van der Waals surface area (Å²) in [6.45, 7) is 1.75. The largest absolute Gasteiger partial charge is 0.573 e. The van der Waals surface area contributed by atoms with Gasteiger partial charge in [-0.05, 0) is 77.4 Å². The molecule has 178 valence electrons. The van der Waals surface area contributed by atoms with Crippen molar-refractivity contribution in [2.45, 2.75) is 32.5 Å². The first-order valence-corrected chi connectivity index (χ1v) is 10.2. The van der Waals surface area contributed by atoms with Gasteiger partial charge in [0.2, 0.25) is 0 Å². The lowest BCUT2D eigenvalue weighted by molar-refractivity contribution is -0.275. The third kappa shape index (κ3) is 4.51. The number of alkyl halides is 3. The van der Waals surface area contributed by atoms with Gasteiger partial charge in [-0.15, -0.1) is 13.2 Å². The summed E-state index contributed by atoms with van der Waals surface area (Å²) in [4.78, 5) is 0. The Balaban J connectivity index is 1.75. The predicted molar refractivity (Wildman–Crippen MR) is 110 cm³/mol. The molecule has 0 radical (unpaired) electrons. The molecule has 0 saturated heterocycles. The highest BCUT2D eigenvalue weighted by Crippen LogP contribution is 2.39. The number of hydrogen-bond acceptors (Lipinski definition) is 1. The summed E-state index contributed by atoms with van der Waals surface area (Å²) in [5, 5.41) is 0. The minimum Gasteiger partial charge on any atom is -0.403 e. The van der Waals surface area contributed by atoms with E-state index in [-0.39, 0.29) is 40.7 Å². The molecule has 0 amide bonds. The Bertz CT molecular complexity index is 1280. The van der Waals surface area contributed by atoms with Gasteiger partial charge in [-0.1, -0.05) is 19.1 Å². The molecule has 0 spiro atoms. The van der Waals surface area contributed by atoms with E-state index >= 15 is 4.39 Å². The van der Waals surface area contributed by atoms with E-state index in [1.54, 1.807) is 6.92 Å². The van der Waals surface area contributed by atoms with Crippen LogP contribution in [0.25, 0.3) is 22.8 Å². The molecule has 1 aliphatic rings. The van der Waals surface area contributed by atoms with Crippen molar-refractivity contribution in [3.8, 4) is 16.9 Å². The van der Waals surface area contributed by atoms with Crippen molar-refractivity contribution in [1.82, 2.24) is 0 Å². The van der Waals surface area contributed by atoms with Crippen LogP contribution in [0.2, 0.25) is 0 Å². The number of hydrogen-bond donors (Lipinski definition) is 0. The molecule has 34 heavy (non-hydrogen) atoms. The summed E-state index contributed by atoms with van der Waals surface area (Å²) in [6, 6.07) is 5.43. The lowest BCUT2D eigenvalue weighted by Gasteiger charge is -2.21. The summed E-state index contributed by atoms with van der Waals surface area (Å²) >= 11 is 0. The average molecular weight is 484 g/mol. The van der Waals surface area contributed by atoms with E-state index in [1.807, 2.05) is 0 Å². The summed E-state index contributed by atoms with van der Waals surface area (Å²) < 4.78 is 114. The van der Waals surface area contributed by atoms with Crippen LogP contribution < -0.4 is 4.74 Å².